The highest BCUT2D eigenvalue weighted by atomic mass is 127. The summed E-state index contributed by atoms with van der Waals surface area (Å²) < 4.78 is 1.37. The summed E-state index contributed by atoms with van der Waals surface area (Å²) in [4.78, 5) is 2.54. The van der Waals surface area contributed by atoms with Gasteiger partial charge in [0, 0.05) is 21.8 Å². The first-order chi connectivity index (χ1) is 6.70. The lowest BCUT2D eigenvalue weighted by Gasteiger charge is -2.26. The molecule has 0 bridgehead atoms. The Kier molecular flexibility index (Phi) is 3.00. The number of rotatable bonds is 1. The van der Waals surface area contributed by atoms with E-state index in [0.717, 1.165) is 0 Å². The van der Waals surface area contributed by atoms with Gasteiger partial charge in [0.25, 0.3) is 0 Å². The normalized spacial score (nSPS) is 21.6. The van der Waals surface area contributed by atoms with E-state index in [1.54, 1.807) is 0 Å². The average Bonchev–Trinajstić information content (AvgIpc) is 2.57. The van der Waals surface area contributed by atoms with Crippen LogP contribution in [0.1, 0.15) is 25.3 Å². The van der Waals surface area contributed by atoms with E-state index in [-0.39, 0.29) is 0 Å². The fraction of sp³-hybridized carbons (Fsp3) is 0.500. The van der Waals surface area contributed by atoms with Crippen molar-refractivity contribution in [3.8, 4) is 0 Å². The Hall–Kier alpha value is -0.250. The maximum Gasteiger partial charge on any atom is 0.0408 e. The first-order valence-corrected chi connectivity index (χ1v) is 6.30. The highest BCUT2D eigenvalue weighted by Gasteiger charge is 2.21. The molecule has 0 saturated carbocycles. The Morgan fingerprint density at radius 1 is 1.43 bits per heavy atom. The summed E-state index contributed by atoms with van der Waals surface area (Å²) in [6.07, 6.45) is 2.68. The third-order valence-electron chi connectivity index (χ3n) is 3.10. The Labute approximate surface area is 99.6 Å². The predicted molar refractivity (Wildman–Crippen MR) is 69.9 cm³/mol. The summed E-state index contributed by atoms with van der Waals surface area (Å²) in [5, 5.41) is 0. The van der Waals surface area contributed by atoms with E-state index >= 15 is 0 Å². The van der Waals surface area contributed by atoms with Crippen molar-refractivity contribution < 1.29 is 0 Å². The number of nitrogens with zero attached hydrogens (tertiary/aromatic N) is 1. The zero-order chi connectivity index (χ0) is 10.1. The minimum absolute atomic E-state index is 0.715. The number of anilines is 1. The average molecular weight is 301 g/mol. The van der Waals surface area contributed by atoms with Gasteiger partial charge in [-0.1, -0.05) is 6.07 Å². The predicted octanol–water partition coefficient (Wildman–Crippen LogP) is 3.59. The van der Waals surface area contributed by atoms with Gasteiger partial charge in [-0.2, -0.15) is 0 Å². The molecule has 1 saturated heterocycles. The molecule has 1 heterocycles. The summed E-state index contributed by atoms with van der Waals surface area (Å²) in [7, 11) is 0. The molecule has 0 spiro atoms. The van der Waals surface area contributed by atoms with Gasteiger partial charge >= 0.3 is 0 Å². The van der Waals surface area contributed by atoms with Crippen LogP contribution in [0.2, 0.25) is 0 Å². The van der Waals surface area contributed by atoms with Crippen LogP contribution >= 0.6 is 22.6 Å². The van der Waals surface area contributed by atoms with Crippen molar-refractivity contribution in [2.45, 2.75) is 32.7 Å². The van der Waals surface area contributed by atoms with Crippen LogP contribution in [0.25, 0.3) is 0 Å². The Balaban J connectivity index is 2.36. The molecule has 1 nitrogen and oxygen atoms in total. The molecule has 0 amide bonds. The lowest BCUT2D eigenvalue weighted by atomic mass is 10.1. The highest BCUT2D eigenvalue weighted by Crippen LogP contribution is 2.30. The molecule has 0 aliphatic carbocycles. The van der Waals surface area contributed by atoms with Crippen molar-refractivity contribution in [2.75, 3.05) is 11.4 Å². The zero-order valence-corrected chi connectivity index (χ0v) is 10.9. The van der Waals surface area contributed by atoms with E-state index in [1.807, 2.05) is 0 Å². The summed E-state index contributed by atoms with van der Waals surface area (Å²) in [5.74, 6) is 0. The van der Waals surface area contributed by atoms with Crippen LogP contribution < -0.4 is 4.90 Å². The van der Waals surface area contributed by atoms with Crippen molar-refractivity contribution in [2.24, 2.45) is 0 Å². The van der Waals surface area contributed by atoms with Gasteiger partial charge in [0.15, 0.2) is 0 Å². The molecule has 1 aromatic rings. The third kappa shape index (κ3) is 1.76. The molecule has 14 heavy (non-hydrogen) atoms. The van der Waals surface area contributed by atoms with E-state index in [1.165, 1.54) is 34.2 Å². The topological polar surface area (TPSA) is 3.24 Å². The van der Waals surface area contributed by atoms with E-state index in [0.29, 0.717) is 6.04 Å². The molecule has 0 N–H and O–H groups in total. The molecular weight excluding hydrogens is 285 g/mol. The van der Waals surface area contributed by atoms with Gasteiger partial charge in [-0.15, -0.1) is 0 Å². The molecule has 0 aromatic heterocycles. The molecule has 1 fully saturated rings. The van der Waals surface area contributed by atoms with Gasteiger partial charge in [0.2, 0.25) is 0 Å². The molecule has 2 heteroatoms. The molecule has 1 aliphatic heterocycles. The Morgan fingerprint density at radius 3 is 2.86 bits per heavy atom. The maximum absolute atomic E-state index is 2.54. The second-order valence-electron chi connectivity index (χ2n) is 4.07. The van der Waals surface area contributed by atoms with Crippen molar-refractivity contribution in [1.29, 1.82) is 0 Å². The van der Waals surface area contributed by atoms with E-state index < -0.39 is 0 Å². The Bertz CT molecular complexity index is 335. The lowest BCUT2D eigenvalue weighted by Crippen LogP contribution is -2.27. The molecular formula is C12H16IN. The van der Waals surface area contributed by atoms with Crippen LogP contribution in [0.4, 0.5) is 5.69 Å². The second-order valence-corrected chi connectivity index (χ2v) is 5.23. The lowest BCUT2D eigenvalue weighted by molar-refractivity contribution is 0.733. The van der Waals surface area contributed by atoms with E-state index in [9.17, 15) is 0 Å². The molecule has 2 rings (SSSR count). The van der Waals surface area contributed by atoms with Gasteiger partial charge in [-0.3, -0.25) is 0 Å². The van der Waals surface area contributed by atoms with Gasteiger partial charge in [-0.05, 0) is 67.0 Å². The van der Waals surface area contributed by atoms with Crippen LogP contribution in [0.15, 0.2) is 18.2 Å². The zero-order valence-electron chi connectivity index (χ0n) is 8.76. The van der Waals surface area contributed by atoms with Crippen LogP contribution in [-0.2, 0) is 0 Å². The van der Waals surface area contributed by atoms with Crippen LogP contribution in [-0.4, -0.2) is 12.6 Å². The van der Waals surface area contributed by atoms with Gasteiger partial charge < -0.3 is 4.90 Å². The van der Waals surface area contributed by atoms with Crippen molar-refractivity contribution in [3.05, 3.63) is 27.3 Å². The van der Waals surface area contributed by atoms with Crippen LogP contribution in [0, 0.1) is 10.5 Å². The standard InChI is InChI=1S/C12H16IN/c1-9-5-4-8-14(9)12-7-3-6-11(13)10(12)2/h3,6-7,9H,4-5,8H2,1-2H3. The van der Waals surface area contributed by atoms with Crippen molar-refractivity contribution >= 4 is 28.3 Å². The highest BCUT2D eigenvalue weighted by molar-refractivity contribution is 14.1. The van der Waals surface area contributed by atoms with Crippen molar-refractivity contribution in [1.82, 2.24) is 0 Å². The smallest absolute Gasteiger partial charge is 0.0408 e. The fourth-order valence-electron chi connectivity index (χ4n) is 2.20. The van der Waals surface area contributed by atoms with Gasteiger partial charge in [0.1, 0.15) is 0 Å². The summed E-state index contributed by atoms with van der Waals surface area (Å²) in [5.41, 5.74) is 2.86. The van der Waals surface area contributed by atoms with Crippen molar-refractivity contribution in [3.63, 3.8) is 0 Å². The quantitative estimate of drug-likeness (QED) is 0.717. The molecule has 1 aliphatic rings. The molecule has 1 atom stereocenters. The van der Waals surface area contributed by atoms with E-state index in [2.05, 4.69) is 59.5 Å². The molecule has 1 aromatic carbocycles. The number of hydrogen-bond acceptors (Lipinski definition) is 1. The van der Waals surface area contributed by atoms with Gasteiger partial charge in [-0.25, -0.2) is 0 Å². The summed E-state index contributed by atoms with van der Waals surface area (Å²) in [6, 6.07) is 7.31. The van der Waals surface area contributed by atoms with Crippen LogP contribution in [0.3, 0.4) is 0 Å². The van der Waals surface area contributed by atoms with Gasteiger partial charge in [0.05, 0.1) is 0 Å². The minimum atomic E-state index is 0.715. The third-order valence-corrected chi connectivity index (χ3v) is 4.27. The molecule has 0 radical (unpaired) electrons. The summed E-state index contributed by atoms with van der Waals surface area (Å²) in [6.45, 7) is 5.77. The van der Waals surface area contributed by atoms with E-state index in [4.69, 9.17) is 0 Å². The Morgan fingerprint density at radius 2 is 2.21 bits per heavy atom. The molecule has 1 unspecified atom stereocenters. The number of halogens is 1. The second kappa shape index (κ2) is 4.09. The van der Waals surface area contributed by atoms with Crippen LogP contribution in [0.5, 0.6) is 0 Å². The largest absolute Gasteiger partial charge is 0.369 e. The maximum atomic E-state index is 2.54. The first kappa shape index (κ1) is 10.3. The number of hydrogen-bond donors (Lipinski definition) is 0. The SMILES string of the molecule is Cc1c(I)cccc1N1CCCC1C. The fourth-order valence-corrected chi connectivity index (χ4v) is 2.68. The first-order valence-electron chi connectivity index (χ1n) is 5.22. The molecule has 76 valence electrons. The minimum Gasteiger partial charge on any atom is -0.369 e. The monoisotopic (exact) mass is 301 g/mol. The number of benzene rings is 1. The summed E-state index contributed by atoms with van der Waals surface area (Å²) >= 11 is 2.42.